The van der Waals surface area contributed by atoms with Crippen molar-refractivity contribution in [3.05, 3.63) is 83.6 Å². The topological polar surface area (TPSA) is 81.8 Å². The molecule has 28 heavy (non-hydrogen) atoms. The Morgan fingerprint density at radius 2 is 1.57 bits per heavy atom. The minimum Gasteiger partial charge on any atom is -0.368 e. The number of hydrogen-bond acceptors (Lipinski definition) is 5. The van der Waals surface area contributed by atoms with Gasteiger partial charge in [-0.05, 0) is 18.6 Å². The summed E-state index contributed by atoms with van der Waals surface area (Å²) in [4.78, 5) is 26.0. The highest BCUT2D eigenvalue weighted by Gasteiger charge is 2.11. The van der Waals surface area contributed by atoms with E-state index in [2.05, 4.69) is 16.9 Å². The van der Waals surface area contributed by atoms with Gasteiger partial charge in [-0.1, -0.05) is 67.9 Å². The van der Waals surface area contributed by atoms with Gasteiger partial charge in [-0.15, -0.1) is 0 Å². The van der Waals surface area contributed by atoms with Crippen LogP contribution >= 0.6 is 0 Å². The number of fused-ring (bicyclic) bond motifs is 1. The molecule has 138 valence electrons. The van der Waals surface area contributed by atoms with E-state index in [1.165, 1.54) is 0 Å². The van der Waals surface area contributed by atoms with E-state index in [4.69, 9.17) is 10.7 Å². The Hall–Kier alpha value is -3.60. The fraction of sp³-hybridized carbons (Fsp3) is 0.130. The van der Waals surface area contributed by atoms with E-state index in [0.717, 1.165) is 40.8 Å². The van der Waals surface area contributed by atoms with Gasteiger partial charge in [-0.3, -0.25) is 4.79 Å². The van der Waals surface area contributed by atoms with Crippen LogP contribution in [0.3, 0.4) is 0 Å². The lowest BCUT2D eigenvalue weighted by atomic mass is 10.0. The van der Waals surface area contributed by atoms with Crippen molar-refractivity contribution in [1.29, 1.82) is 0 Å². The van der Waals surface area contributed by atoms with E-state index in [-0.39, 0.29) is 11.7 Å². The minimum absolute atomic E-state index is 0.00716. The predicted molar refractivity (Wildman–Crippen MR) is 111 cm³/mol. The van der Waals surface area contributed by atoms with Gasteiger partial charge < -0.3 is 5.73 Å². The summed E-state index contributed by atoms with van der Waals surface area (Å²) in [6.45, 7) is 2.09. The van der Waals surface area contributed by atoms with E-state index in [9.17, 15) is 4.79 Å². The monoisotopic (exact) mass is 368 g/mol. The lowest BCUT2D eigenvalue weighted by Gasteiger charge is -2.08. The molecule has 2 aromatic heterocycles. The maximum atomic E-state index is 12.6. The molecule has 0 aliphatic rings. The highest BCUT2D eigenvalue weighted by atomic mass is 16.1. The average molecular weight is 368 g/mol. The summed E-state index contributed by atoms with van der Waals surface area (Å²) in [5.74, 6) is 0.280. The first kappa shape index (κ1) is 17.8. The third kappa shape index (κ3) is 3.47. The molecule has 2 aromatic carbocycles. The Kier molecular flexibility index (Phi) is 4.81. The molecular formula is C23H20N4O. The third-order valence-corrected chi connectivity index (χ3v) is 4.60. The van der Waals surface area contributed by atoms with Crippen LogP contribution in [0.1, 0.15) is 35.0 Å². The summed E-state index contributed by atoms with van der Waals surface area (Å²) in [5.41, 5.74) is 11.3. The smallest absolute Gasteiger partial charge is 0.220 e. The average Bonchev–Trinajstić information content (AvgIpc) is 2.74. The van der Waals surface area contributed by atoms with Gasteiger partial charge in [0.15, 0.2) is 5.78 Å². The van der Waals surface area contributed by atoms with Crippen LogP contribution in [0.4, 0.5) is 5.95 Å². The van der Waals surface area contributed by atoms with E-state index in [1.54, 1.807) is 0 Å². The highest BCUT2D eigenvalue weighted by molar-refractivity contribution is 6.09. The molecule has 5 heteroatoms. The Balaban J connectivity index is 1.69. The number of hydrogen-bond donors (Lipinski definition) is 1. The first-order valence-corrected chi connectivity index (χ1v) is 9.29. The fourth-order valence-corrected chi connectivity index (χ4v) is 3.21. The van der Waals surface area contributed by atoms with Gasteiger partial charge in [0.2, 0.25) is 5.95 Å². The van der Waals surface area contributed by atoms with Crippen LogP contribution in [0.15, 0.2) is 66.7 Å². The fourth-order valence-electron chi connectivity index (χ4n) is 3.21. The summed E-state index contributed by atoms with van der Waals surface area (Å²) in [5, 5.41) is 0. The van der Waals surface area contributed by atoms with E-state index >= 15 is 0 Å². The number of nitrogens with zero attached hydrogens (tertiary/aromatic N) is 3. The van der Waals surface area contributed by atoms with Crippen molar-refractivity contribution in [2.45, 2.75) is 19.8 Å². The molecule has 0 atom stereocenters. The number of aryl methyl sites for hydroxylation is 1. The molecule has 0 spiro atoms. The number of carbonyl (C=O) groups excluding carboxylic acids is 1. The number of benzene rings is 2. The molecule has 0 unspecified atom stereocenters. The molecular weight excluding hydrogens is 348 g/mol. The van der Waals surface area contributed by atoms with E-state index in [0.29, 0.717) is 11.1 Å². The van der Waals surface area contributed by atoms with E-state index < -0.39 is 0 Å². The van der Waals surface area contributed by atoms with Crippen molar-refractivity contribution in [1.82, 2.24) is 15.0 Å². The third-order valence-electron chi connectivity index (χ3n) is 4.60. The first-order chi connectivity index (χ1) is 13.7. The Morgan fingerprint density at radius 1 is 0.857 bits per heavy atom. The van der Waals surface area contributed by atoms with Gasteiger partial charge in [-0.2, -0.15) is 0 Å². The molecule has 5 nitrogen and oxygen atoms in total. The number of pyridine rings is 1. The van der Waals surface area contributed by atoms with Crippen molar-refractivity contribution in [2.75, 3.05) is 5.73 Å². The van der Waals surface area contributed by atoms with Gasteiger partial charge in [0.05, 0.1) is 16.9 Å². The van der Waals surface area contributed by atoms with Crippen molar-refractivity contribution >= 4 is 22.8 Å². The quantitative estimate of drug-likeness (QED) is 0.526. The normalized spacial score (nSPS) is 10.9. The Labute approximate surface area is 163 Å². The number of nitrogen functional groups attached to an aromatic ring is 1. The van der Waals surface area contributed by atoms with Crippen LogP contribution in [-0.2, 0) is 6.42 Å². The molecule has 0 fully saturated rings. The van der Waals surface area contributed by atoms with Crippen molar-refractivity contribution < 1.29 is 4.79 Å². The second kappa shape index (κ2) is 7.56. The second-order valence-electron chi connectivity index (χ2n) is 6.62. The Morgan fingerprint density at radius 3 is 2.29 bits per heavy atom. The molecule has 2 N–H and O–H groups in total. The molecule has 2 heterocycles. The molecule has 0 aliphatic carbocycles. The van der Waals surface area contributed by atoms with Gasteiger partial charge in [0.1, 0.15) is 5.52 Å². The van der Waals surface area contributed by atoms with Crippen molar-refractivity contribution in [3.8, 4) is 11.3 Å². The Bertz CT molecular complexity index is 1140. The lowest BCUT2D eigenvalue weighted by molar-refractivity contribution is 0.103. The summed E-state index contributed by atoms with van der Waals surface area (Å²) in [6.07, 6.45) is 1.75. The van der Waals surface area contributed by atoms with Crippen molar-refractivity contribution in [2.24, 2.45) is 0 Å². The molecule has 4 aromatic rings. The van der Waals surface area contributed by atoms with Gasteiger partial charge in [-0.25, -0.2) is 15.0 Å². The van der Waals surface area contributed by atoms with Crippen LogP contribution < -0.4 is 5.73 Å². The maximum Gasteiger partial charge on any atom is 0.220 e. The van der Waals surface area contributed by atoms with Gasteiger partial charge in [0.25, 0.3) is 0 Å². The molecule has 0 aliphatic heterocycles. The molecule has 4 rings (SSSR count). The van der Waals surface area contributed by atoms with Crippen LogP contribution in [0.25, 0.3) is 22.3 Å². The van der Waals surface area contributed by atoms with E-state index in [1.807, 2.05) is 66.7 Å². The largest absolute Gasteiger partial charge is 0.368 e. The number of anilines is 1. The molecule has 0 saturated carbocycles. The van der Waals surface area contributed by atoms with Crippen LogP contribution in [-0.4, -0.2) is 20.7 Å². The lowest BCUT2D eigenvalue weighted by Crippen LogP contribution is -2.03. The SMILES string of the molecule is CCCc1nc(N)nc2ccc(-c3ccc(C(=O)c4ccccc4)cc3)nc12. The predicted octanol–water partition coefficient (Wildman–Crippen LogP) is 4.46. The summed E-state index contributed by atoms with van der Waals surface area (Å²) < 4.78 is 0. The zero-order valence-corrected chi connectivity index (χ0v) is 15.6. The van der Waals surface area contributed by atoms with Crippen LogP contribution in [0, 0.1) is 0 Å². The minimum atomic E-state index is 0.00716. The highest BCUT2D eigenvalue weighted by Crippen LogP contribution is 2.24. The number of carbonyl (C=O) groups is 1. The van der Waals surface area contributed by atoms with Gasteiger partial charge in [0, 0.05) is 16.7 Å². The molecule has 0 saturated heterocycles. The zero-order chi connectivity index (χ0) is 19.5. The zero-order valence-electron chi connectivity index (χ0n) is 15.6. The number of ketones is 1. The first-order valence-electron chi connectivity index (χ1n) is 9.29. The summed E-state index contributed by atoms with van der Waals surface area (Å²) in [7, 11) is 0. The molecule has 0 amide bonds. The number of nitrogens with two attached hydrogens (primary N) is 1. The van der Waals surface area contributed by atoms with Gasteiger partial charge >= 0.3 is 0 Å². The standard InChI is InChI=1S/C23H20N4O/c1-2-6-19-21-20(27-23(24)26-19)14-13-18(25-21)15-9-11-17(12-10-15)22(28)16-7-4-3-5-8-16/h3-5,7-14H,2,6H2,1H3,(H2,24,26,27). The maximum absolute atomic E-state index is 12.6. The summed E-state index contributed by atoms with van der Waals surface area (Å²) in [6, 6.07) is 20.6. The van der Waals surface area contributed by atoms with Crippen LogP contribution in [0.2, 0.25) is 0 Å². The molecule has 0 bridgehead atoms. The van der Waals surface area contributed by atoms with Crippen LogP contribution in [0.5, 0.6) is 0 Å². The molecule has 0 radical (unpaired) electrons. The number of rotatable bonds is 5. The summed E-state index contributed by atoms with van der Waals surface area (Å²) >= 11 is 0. The second-order valence-corrected chi connectivity index (χ2v) is 6.62. The number of aromatic nitrogens is 3. The van der Waals surface area contributed by atoms with Crippen molar-refractivity contribution in [3.63, 3.8) is 0 Å².